The molecule has 2 aliphatic heterocycles. The van der Waals surface area contributed by atoms with E-state index in [0.717, 1.165) is 47.0 Å². The number of ether oxygens (including phenoxy) is 5. The number of aliphatic hydroxyl groups is 1. The van der Waals surface area contributed by atoms with E-state index in [1.807, 2.05) is 48.5 Å². The van der Waals surface area contributed by atoms with Gasteiger partial charge in [0.25, 0.3) is 0 Å². The van der Waals surface area contributed by atoms with E-state index in [0.29, 0.717) is 19.0 Å². The first-order valence-electron chi connectivity index (χ1n) is 14.4. The molecule has 2 fully saturated rings. The van der Waals surface area contributed by atoms with Gasteiger partial charge in [-0.25, -0.2) is 0 Å². The Morgan fingerprint density at radius 3 is 1.26 bits per heavy atom. The van der Waals surface area contributed by atoms with Crippen LogP contribution < -0.4 is 14.2 Å². The molecule has 4 unspecified atom stereocenters. The third-order valence-corrected chi connectivity index (χ3v) is 7.47. The summed E-state index contributed by atoms with van der Waals surface area (Å²) in [4.78, 5) is 0. The number of aromatic hydroxyl groups is 1. The van der Waals surface area contributed by atoms with E-state index in [4.69, 9.17) is 23.7 Å². The summed E-state index contributed by atoms with van der Waals surface area (Å²) in [5.74, 6) is 2.37. The number of epoxide rings is 2. The van der Waals surface area contributed by atoms with Gasteiger partial charge in [0.05, 0.1) is 19.3 Å². The van der Waals surface area contributed by atoms with Crippen LogP contribution in [0, 0.1) is 0 Å². The Labute approximate surface area is 246 Å². The van der Waals surface area contributed by atoms with Crippen LogP contribution in [-0.2, 0) is 9.47 Å². The minimum atomic E-state index is -0.550. The number of hydrogen-bond acceptors (Lipinski definition) is 7. The average Bonchev–Trinajstić information content (AvgIpc) is 3.95. The highest BCUT2D eigenvalue weighted by molar-refractivity contribution is 5.48. The second-order valence-corrected chi connectivity index (χ2v) is 10.9. The molecule has 4 aromatic rings. The van der Waals surface area contributed by atoms with Crippen LogP contribution in [-0.4, -0.2) is 61.6 Å². The molecule has 0 bridgehead atoms. The standard InChI is InChI=1S/C35H36O7/c1-23(36)18-38-29-12-4-25(5-13-29)34(24-2-10-28(37)11-3-24)35(26-6-14-30(15-7-26)39-19-32-21-41-32)27-8-16-31(17-9-27)40-20-33-22-42-33/h2-17,23,32-37H,18-22H2,1H3. The van der Waals surface area contributed by atoms with Crippen molar-refractivity contribution in [3.05, 3.63) is 119 Å². The quantitative estimate of drug-likeness (QED) is 0.189. The fourth-order valence-electron chi connectivity index (χ4n) is 5.07. The van der Waals surface area contributed by atoms with Crippen LogP contribution in [0.5, 0.6) is 23.0 Å². The minimum absolute atomic E-state index is 0.0691. The first-order valence-corrected chi connectivity index (χ1v) is 14.4. The normalized spacial score (nSPS) is 19.4. The predicted molar refractivity (Wildman–Crippen MR) is 159 cm³/mol. The van der Waals surface area contributed by atoms with Gasteiger partial charge in [-0.15, -0.1) is 0 Å². The number of phenols is 1. The van der Waals surface area contributed by atoms with E-state index in [1.54, 1.807) is 19.1 Å². The molecular weight excluding hydrogens is 532 g/mol. The van der Waals surface area contributed by atoms with Gasteiger partial charge in [-0.1, -0.05) is 48.5 Å². The van der Waals surface area contributed by atoms with E-state index in [1.165, 1.54) is 0 Å². The SMILES string of the molecule is CC(O)COc1ccc(C(c2ccc(O)cc2)C(c2ccc(OCC3CO3)cc2)c2ccc(OCC3CO3)cc2)cc1. The molecule has 218 valence electrons. The van der Waals surface area contributed by atoms with Crippen LogP contribution in [0.3, 0.4) is 0 Å². The average molecular weight is 569 g/mol. The summed E-state index contributed by atoms with van der Waals surface area (Å²) in [5, 5.41) is 19.7. The molecule has 2 heterocycles. The van der Waals surface area contributed by atoms with Crippen LogP contribution in [0.4, 0.5) is 0 Å². The van der Waals surface area contributed by atoms with Crippen LogP contribution in [0.15, 0.2) is 97.1 Å². The lowest BCUT2D eigenvalue weighted by molar-refractivity contribution is 0.122. The van der Waals surface area contributed by atoms with Gasteiger partial charge >= 0.3 is 0 Å². The smallest absolute Gasteiger partial charge is 0.119 e. The van der Waals surface area contributed by atoms with E-state index in [9.17, 15) is 10.2 Å². The van der Waals surface area contributed by atoms with Gasteiger partial charge in [0.15, 0.2) is 0 Å². The Morgan fingerprint density at radius 1 is 0.595 bits per heavy atom. The van der Waals surface area contributed by atoms with Gasteiger partial charge < -0.3 is 33.9 Å². The van der Waals surface area contributed by atoms with Crippen molar-refractivity contribution in [3.63, 3.8) is 0 Å². The molecule has 6 rings (SSSR count). The van der Waals surface area contributed by atoms with Crippen molar-refractivity contribution in [2.45, 2.75) is 37.1 Å². The molecule has 2 aliphatic rings. The van der Waals surface area contributed by atoms with Crippen molar-refractivity contribution in [2.24, 2.45) is 0 Å². The number of phenolic OH excluding ortho intramolecular Hbond substituents is 1. The Bertz CT molecular complexity index is 1350. The van der Waals surface area contributed by atoms with E-state index >= 15 is 0 Å². The van der Waals surface area contributed by atoms with Crippen LogP contribution >= 0.6 is 0 Å². The molecule has 2 N–H and O–H groups in total. The summed E-state index contributed by atoms with van der Waals surface area (Å²) in [6, 6.07) is 32.0. The zero-order valence-electron chi connectivity index (χ0n) is 23.6. The maximum absolute atomic E-state index is 10.1. The first-order chi connectivity index (χ1) is 20.5. The van der Waals surface area contributed by atoms with Gasteiger partial charge in [0, 0.05) is 11.8 Å². The van der Waals surface area contributed by atoms with Gasteiger partial charge in [-0.05, 0) is 77.7 Å². The highest BCUT2D eigenvalue weighted by Gasteiger charge is 2.29. The third kappa shape index (κ3) is 7.42. The van der Waals surface area contributed by atoms with Crippen molar-refractivity contribution in [1.29, 1.82) is 0 Å². The molecule has 0 spiro atoms. The molecule has 4 atom stereocenters. The van der Waals surface area contributed by atoms with Gasteiger partial charge in [-0.3, -0.25) is 0 Å². The predicted octanol–water partition coefficient (Wildman–Crippen LogP) is 5.67. The van der Waals surface area contributed by atoms with Crippen LogP contribution in [0.25, 0.3) is 0 Å². The molecule has 0 aliphatic carbocycles. The molecule has 0 aromatic heterocycles. The molecule has 0 amide bonds. The van der Waals surface area contributed by atoms with E-state index < -0.39 is 6.10 Å². The Morgan fingerprint density at radius 2 is 0.929 bits per heavy atom. The lowest BCUT2D eigenvalue weighted by Gasteiger charge is -2.30. The minimum Gasteiger partial charge on any atom is -0.508 e. The van der Waals surface area contributed by atoms with Crippen molar-refractivity contribution in [2.75, 3.05) is 33.0 Å². The van der Waals surface area contributed by atoms with Gasteiger partial charge in [0.1, 0.15) is 55.0 Å². The van der Waals surface area contributed by atoms with Crippen LogP contribution in [0.2, 0.25) is 0 Å². The van der Waals surface area contributed by atoms with Crippen molar-refractivity contribution >= 4 is 0 Å². The number of aliphatic hydroxyl groups excluding tert-OH is 1. The van der Waals surface area contributed by atoms with Crippen molar-refractivity contribution < 1.29 is 33.9 Å². The molecule has 42 heavy (non-hydrogen) atoms. The second-order valence-electron chi connectivity index (χ2n) is 10.9. The molecular formula is C35H36O7. The highest BCUT2D eigenvalue weighted by atomic mass is 16.6. The van der Waals surface area contributed by atoms with Crippen molar-refractivity contribution in [1.82, 2.24) is 0 Å². The maximum Gasteiger partial charge on any atom is 0.119 e. The molecule has 0 radical (unpaired) electrons. The number of benzene rings is 4. The summed E-state index contributed by atoms with van der Waals surface area (Å²) in [6.07, 6.45) is -0.168. The van der Waals surface area contributed by atoms with E-state index in [2.05, 4.69) is 36.4 Å². The molecule has 0 saturated carbocycles. The fraction of sp³-hybridized carbons (Fsp3) is 0.314. The summed E-state index contributed by atoms with van der Waals surface area (Å²) in [7, 11) is 0. The maximum atomic E-state index is 10.1. The summed E-state index contributed by atoms with van der Waals surface area (Å²) in [5.41, 5.74) is 4.40. The van der Waals surface area contributed by atoms with E-state index in [-0.39, 0.29) is 36.4 Å². The lowest BCUT2D eigenvalue weighted by Crippen LogP contribution is -2.15. The monoisotopic (exact) mass is 568 g/mol. The van der Waals surface area contributed by atoms with Gasteiger partial charge in [0.2, 0.25) is 0 Å². The zero-order valence-corrected chi connectivity index (χ0v) is 23.6. The molecule has 7 nitrogen and oxygen atoms in total. The largest absolute Gasteiger partial charge is 0.508 e. The summed E-state index contributed by atoms with van der Waals surface area (Å²) >= 11 is 0. The summed E-state index contributed by atoms with van der Waals surface area (Å²) < 4.78 is 28.2. The highest BCUT2D eigenvalue weighted by Crippen LogP contribution is 2.44. The Kier molecular flexibility index (Phi) is 8.60. The molecule has 4 aromatic carbocycles. The second kappa shape index (κ2) is 12.9. The Balaban J connectivity index is 1.37. The topological polar surface area (TPSA) is 93.2 Å². The van der Waals surface area contributed by atoms with Crippen LogP contribution in [0.1, 0.15) is 41.0 Å². The number of hydrogen-bond donors (Lipinski definition) is 2. The third-order valence-electron chi connectivity index (χ3n) is 7.47. The first kappa shape index (κ1) is 28.1. The van der Waals surface area contributed by atoms with Crippen molar-refractivity contribution in [3.8, 4) is 23.0 Å². The summed E-state index contributed by atoms with van der Waals surface area (Å²) in [6.45, 7) is 4.54. The molecule has 7 heteroatoms. The Hall–Kier alpha value is -4.04. The fourth-order valence-corrected chi connectivity index (χ4v) is 5.07. The van der Waals surface area contributed by atoms with Gasteiger partial charge in [-0.2, -0.15) is 0 Å². The molecule has 2 saturated heterocycles. The lowest BCUT2D eigenvalue weighted by atomic mass is 9.73. The zero-order chi connectivity index (χ0) is 28.9. The number of rotatable bonds is 14.